The van der Waals surface area contributed by atoms with Gasteiger partial charge in [0.1, 0.15) is 0 Å². The summed E-state index contributed by atoms with van der Waals surface area (Å²) in [6, 6.07) is 60.9. The van der Waals surface area contributed by atoms with Gasteiger partial charge in [-0.3, -0.25) is 0 Å². The van der Waals surface area contributed by atoms with Crippen molar-refractivity contribution in [3.63, 3.8) is 0 Å². The Kier molecular flexibility index (Phi) is 6.92. The molecule has 2 aromatic heterocycles. The lowest BCUT2D eigenvalue weighted by atomic mass is 9.84. The smallest absolute Gasteiger partial charge is 0.0361 e. The van der Waals surface area contributed by atoms with Crippen LogP contribution >= 0.6 is 22.7 Å². The van der Waals surface area contributed by atoms with Gasteiger partial charge < -0.3 is 0 Å². The summed E-state index contributed by atoms with van der Waals surface area (Å²) in [6.07, 6.45) is 0. The third kappa shape index (κ3) is 4.59. The summed E-state index contributed by atoms with van der Waals surface area (Å²) in [7, 11) is 0. The van der Waals surface area contributed by atoms with Gasteiger partial charge >= 0.3 is 0 Å². The summed E-state index contributed by atoms with van der Waals surface area (Å²) in [5, 5.41) is 17.5. The molecule has 0 fully saturated rings. The Labute approximate surface area is 315 Å². The Balaban J connectivity index is 1.23. The molecule has 9 aromatic carbocycles. The normalized spacial score (nSPS) is 11.9. The molecular formula is C51H32S2. The summed E-state index contributed by atoms with van der Waals surface area (Å²) in [6.45, 7) is 2.24. The molecule has 248 valence electrons. The van der Waals surface area contributed by atoms with Crippen LogP contribution < -0.4 is 0 Å². The SMILES string of the molecule is Cc1cscc1-c1c2ccccc2c(-c2cccc3sc4ccc(-c5c6ccccc6c(-c6ccccc6)c6ccccc56)cc4c23)c2ccccc12. The maximum absolute atomic E-state index is 2.47. The van der Waals surface area contributed by atoms with Gasteiger partial charge in [-0.15, -0.1) is 11.3 Å². The van der Waals surface area contributed by atoms with Crippen molar-refractivity contribution in [2.75, 3.05) is 0 Å². The second-order valence-corrected chi connectivity index (χ2v) is 15.8. The van der Waals surface area contributed by atoms with Crippen LogP contribution in [0.4, 0.5) is 0 Å². The van der Waals surface area contributed by atoms with E-state index in [1.807, 2.05) is 11.3 Å². The summed E-state index contributed by atoms with van der Waals surface area (Å²) < 4.78 is 2.62. The van der Waals surface area contributed by atoms with E-state index in [0.717, 1.165) is 0 Å². The van der Waals surface area contributed by atoms with E-state index in [1.165, 1.54) is 113 Å². The zero-order chi connectivity index (χ0) is 35.0. The standard InChI is InChI=1S/C51H32S2/c1-31-29-52-30-44(31)50-40-22-11-9-20-38(40)49(39-21-10-12-23-41(39)50)42-24-13-25-46-51(42)43-28-33(26-27-45(43)53-46)48-36-18-7-5-16-34(36)47(32-14-3-2-4-15-32)35-17-6-8-19-37(35)48/h2-30H,1H3. The quantitative estimate of drug-likeness (QED) is 0.160. The molecule has 0 atom stereocenters. The molecule has 53 heavy (non-hydrogen) atoms. The van der Waals surface area contributed by atoms with Crippen molar-refractivity contribution in [1.29, 1.82) is 0 Å². The topological polar surface area (TPSA) is 0 Å². The van der Waals surface area contributed by atoms with Crippen LogP contribution in [0.25, 0.3) is 108 Å². The van der Waals surface area contributed by atoms with Gasteiger partial charge in [-0.05, 0) is 129 Å². The Hall–Kier alpha value is -6.06. The maximum Gasteiger partial charge on any atom is 0.0361 e. The third-order valence-corrected chi connectivity index (χ3v) is 13.1. The number of fused-ring (bicyclic) bond motifs is 7. The van der Waals surface area contributed by atoms with Gasteiger partial charge in [-0.25, -0.2) is 0 Å². The summed E-state index contributed by atoms with van der Waals surface area (Å²) in [5.41, 5.74) is 11.7. The minimum atomic E-state index is 1.25. The number of benzene rings is 9. The van der Waals surface area contributed by atoms with Crippen molar-refractivity contribution in [2.45, 2.75) is 6.92 Å². The largest absolute Gasteiger partial charge is 0.151 e. The van der Waals surface area contributed by atoms with Gasteiger partial charge in [-0.1, -0.05) is 146 Å². The molecule has 0 amide bonds. The second-order valence-electron chi connectivity index (χ2n) is 14.0. The third-order valence-electron chi connectivity index (χ3n) is 11.1. The number of thiophene rings is 2. The van der Waals surface area contributed by atoms with Crippen molar-refractivity contribution < 1.29 is 0 Å². The molecule has 0 saturated heterocycles. The zero-order valence-corrected chi connectivity index (χ0v) is 30.7. The molecule has 0 aliphatic heterocycles. The zero-order valence-electron chi connectivity index (χ0n) is 29.1. The molecule has 2 heteroatoms. The van der Waals surface area contributed by atoms with E-state index >= 15 is 0 Å². The summed E-state index contributed by atoms with van der Waals surface area (Å²) in [4.78, 5) is 0. The molecular weight excluding hydrogens is 677 g/mol. The van der Waals surface area contributed by atoms with Crippen LogP contribution in [-0.2, 0) is 0 Å². The van der Waals surface area contributed by atoms with E-state index in [0.29, 0.717) is 0 Å². The van der Waals surface area contributed by atoms with Gasteiger partial charge in [0.25, 0.3) is 0 Å². The summed E-state index contributed by atoms with van der Waals surface area (Å²) in [5.74, 6) is 0. The monoisotopic (exact) mass is 708 g/mol. The molecule has 0 N–H and O–H groups in total. The molecule has 0 radical (unpaired) electrons. The second kappa shape index (κ2) is 12.0. The minimum Gasteiger partial charge on any atom is -0.151 e. The Bertz CT molecular complexity index is 3120. The van der Waals surface area contributed by atoms with Crippen LogP contribution in [0, 0.1) is 6.92 Å². The lowest BCUT2D eigenvalue weighted by Gasteiger charge is -2.19. The first kappa shape index (κ1) is 30.6. The van der Waals surface area contributed by atoms with Crippen molar-refractivity contribution in [2.24, 2.45) is 0 Å². The van der Waals surface area contributed by atoms with Crippen LogP contribution in [0.2, 0.25) is 0 Å². The highest BCUT2D eigenvalue weighted by molar-refractivity contribution is 7.26. The molecule has 0 aliphatic carbocycles. The predicted molar refractivity (Wildman–Crippen MR) is 234 cm³/mol. The highest BCUT2D eigenvalue weighted by Crippen LogP contribution is 2.50. The Morgan fingerprint density at radius 1 is 0.340 bits per heavy atom. The van der Waals surface area contributed by atoms with Crippen LogP contribution in [0.3, 0.4) is 0 Å². The van der Waals surface area contributed by atoms with Gasteiger partial charge in [0.2, 0.25) is 0 Å². The molecule has 11 rings (SSSR count). The van der Waals surface area contributed by atoms with Gasteiger partial charge in [-0.2, -0.15) is 11.3 Å². The van der Waals surface area contributed by atoms with Crippen LogP contribution in [-0.4, -0.2) is 0 Å². The molecule has 0 saturated carbocycles. The molecule has 0 nitrogen and oxygen atoms in total. The fraction of sp³-hybridized carbons (Fsp3) is 0.0196. The van der Waals surface area contributed by atoms with E-state index < -0.39 is 0 Å². The van der Waals surface area contributed by atoms with E-state index in [1.54, 1.807) is 11.3 Å². The van der Waals surface area contributed by atoms with Crippen LogP contribution in [0.1, 0.15) is 5.56 Å². The number of hydrogen-bond donors (Lipinski definition) is 0. The number of rotatable bonds is 4. The average molecular weight is 709 g/mol. The molecule has 11 aromatic rings. The Morgan fingerprint density at radius 2 is 0.830 bits per heavy atom. The van der Waals surface area contributed by atoms with Crippen molar-refractivity contribution >= 4 is 85.9 Å². The van der Waals surface area contributed by atoms with E-state index in [9.17, 15) is 0 Å². The van der Waals surface area contributed by atoms with Gasteiger partial charge in [0.05, 0.1) is 0 Å². The van der Waals surface area contributed by atoms with Crippen molar-refractivity contribution in [1.82, 2.24) is 0 Å². The van der Waals surface area contributed by atoms with Gasteiger partial charge in [0.15, 0.2) is 0 Å². The van der Waals surface area contributed by atoms with E-state index in [-0.39, 0.29) is 0 Å². The molecule has 0 aliphatic rings. The minimum absolute atomic E-state index is 1.25. The van der Waals surface area contributed by atoms with Gasteiger partial charge in [0, 0.05) is 20.2 Å². The van der Waals surface area contributed by atoms with E-state index in [2.05, 4.69) is 181 Å². The first-order valence-corrected chi connectivity index (χ1v) is 19.9. The molecule has 0 bridgehead atoms. The number of hydrogen-bond acceptors (Lipinski definition) is 2. The lowest BCUT2D eigenvalue weighted by molar-refractivity contribution is 1.55. The summed E-state index contributed by atoms with van der Waals surface area (Å²) >= 11 is 3.68. The maximum atomic E-state index is 2.47. The van der Waals surface area contributed by atoms with Crippen molar-refractivity contribution in [3.8, 4) is 44.5 Å². The average Bonchev–Trinajstić information content (AvgIpc) is 3.81. The lowest BCUT2D eigenvalue weighted by Crippen LogP contribution is -1.91. The highest BCUT2D eigenvalue weighted by Gasteiger charge is 2.22. The van der Waals surface area contributed by atoms with Crippen LogP contribution in [0.15, 0.2) is 175 Å². The number of aryl methyl sites for hydroxylation is 1. The first-order chi connectivity index (χ1) is 26.2. The predicted octanol–water partition coefficient (Wildman–Crippen LogP) is 15.7. The van der Waals surface area contributed by atoms with Crippen LogP contribution in [0.5, 0.6) is 0 Å². The fourth-order valence-corrected chi connectivity index (χ4v) is 10.8. The van der Waals surface area contributed by atoms with Crippen molar-refractivity contribution in [3.05, 3.63) is 180 Å². The molecule has 0 spiro atoms. The van der Waals surface area contributed by atoms with E-state index in [4.69, 9.17) is 0 Å². The fourth-order valence-electron chi connectivity index (χ4n) is 8.87. The highest BCUT2D eigenvalue weighted by atomic mass is 32.1. The molecule has 0 unspecified atom stereocenters. The Morgan fingerprint density at radius 3 is 1.36 bits per heavy atom. The first-order valence-electron chi connectivity index (χ1n) is 18.2. The molecule has 2 heterocycles.